The van der Waals surface area contributed by atoms with Crippen LogP contribution in [-0.4, -0.2) is 42.1 Å². The first-order valence-electron chi connectivity index (χ1n) is 15.2. The zero-order valence-electron chi connectivity index (χ0n) is 25.3. The van der Waals surface area contributed by atoms with Gasteiger partial charge in [0.05, 0.1) is 7.11 Å². The molecule has 4 atom stereocenters. The number of cyclic esters (lactones) is 1. The van der Waals surface area contributed by atoms with Gasteiger partial charge in [0.15, 0.2) is 11.4 Å². The van der Waals surface area contributed by atoms with Gasteiger partial charge in [-0.25, -0.2) is 9.78 Å². The summed E-state index contributed by atoms with van der Waals surface area (Å²) in [6.45, 7) is 3.21. The van der Waals surface area contributed by atoms with Crippen LogP contribution in [0.3, 0.4) is 0 Å². The van der Waals surface area contributed by atoms with Crippen molar-refractivity contribution in [3.63, 3.8) is 0 Å². The van der Waals surface area contributed by atoms with Gasteiger partial charge < -0.3 is 19.5 Å². The number of aromatic nitrogens is 1. The first-order chi connectivity index (χ1) is 20.9. The van der Waals surface area contributed by atoms with Crippen LogP contribution in [0.1, 0.15) is 74.0 Å². The van der Waals surface area contributed by atoms with Crippen molar-refractivity contribution in [2.45, 2.75) is 77.4 Å². The van der Waals surface area contributed by atoms with E-state index in [-0.39, 0.29) is 29.2 Å². The Balaban J connectivity index is 1.49. The molecule has 0 bridgehead atoms. The number of hydrogen-bond acceptors (Lipinski definition) is 7. The minimum atomic E-state index is -0.856. The van der Waals surface area contributed by atoms with Crippen molar-refractivity contribution in [1.82, 2.24) is 10.3 Å². The van der Waals surface area contributed by atoms with Gasteiger partial charge in [-0.15, -0.1) is 0 Å². The molecule has 1 saturated heterocycles. The van der Waals surface area contributed by atoms with Crippen LogP contribution in [0.2, 0.25) is 0 Å². The summed E-state index contributed by atoms with van der Waals surface area (Å²) in [5.41, 5.74) is 2.46. The fraction of sp³-hybridized carbons (Fsp3) is 0.429. The van der Waals surface area contributed by atoms with Crippen molar-refractivity contribution in [3.05, 3.63) is 89.7 Å². The predicted octanol–water partition coefficient (Wildman–Crippen LogP) is 6.12. The lowest BCUT2D eigenvalue weighted by atomic mass is 9.78. The third kappa shape index (κ3) is 9.14. The minimum Gasteiger partial charge on any atom is -0.493 e. The molecule has 8 heteroatoms. The molecule has 2 heterocycles. The molecule has 1 amide bonds. The Hall–Kier alpha value is -4.20. The number of ether oxygens (including phenoxy) is 3. The van der Waals surface area contributed by atoms with Crippen molar-refractivity contribution < 1.29 is 28.6 Å². The second-order valence-corrected chi connectivity index (χ2v) is 11.2. The van der Waals surface area contributed by atoms with Crippen LogP contribution in [-0.2, 0) is 27.2 Å². The normalized spacial score (nSPS) is 20.6. The molecular formula is C35H42N2O6. The van der Waals surface area contributed by atoms with Crippen molar-refractivity contribution in [2.24, 2.45) is 11.8 Å². The molecule has 0 aliphatic carbocycles. The number of aryl methyl sites for hydroxylation is 2. The molecule has 3 aromatic rings. The first kappa shape index (κ1) is 31.7. The maximum Gasteiger partial charge on any atom is 0.328 e. The smallest absolute Gasteiger partial charge is 0.328 e. The van der Waals surface area contributed by atoms with Gasteiger partial charge in [-0.3, -0.25) is 9.59 Å². The van der Waals surface area contributed by atoms with E-state index in [1.807, 2.05) is 19.1 Å². The van der Waals surface area contributed by atoms with Gasteiger partial charge in [0.25, 0.3) is 5.91 Å². The third-order valence-electron chi connectivity index (χ3n) is 8.21. The molecule has 1 aliphatic rings. The molecular weight excluding hydrogens is 544 g/mol. The topological polar surface area (TPSA) is 104 Å². The number of hydrogen-bond donors (Lipinski definition) is 1. The van der Waals surface area contributed by atoms with E-state index in [0.717, 1.165) is 44.9 Å². The summed E-state index contributed by atoms with van der Waals surface area (Å²) in [7, 11) is 1.41. The predicted molar refractivity (Wildman–Crippen MR) is 164 cm³/mol. The number of nitrogens with zero attached hydrogens (tertiary/aromatic N) is 1. The lowest BCUT2D eigenvalue weighted by molar-refractivity contribution is -0.154. The Bertz CT molecular complexity index is 1350. The van der Waals surface area contributed by atoms with Crippen LogP contribution < -0.4 is 14.8 Å². The standard InChI is InChI=1S/C35H42N2O6/c1-24-29(21-20-27-14-8-5-9-15-27)28(17-10-16-26-12-6-4-7-13-26)18-11-19-30(35(40)42-24)37-34(39)32-33(43-25(2)38)31(41-3)22-23-36-32/h4-9,12-15,22-24,28-30H,10-11,16-21H2,1-3H3,(H,37,39). The number of nitrogens with one attached hydrogen (secondary N) is 1. The summed E-state index contributed by atoms with van der Waals surface area (Å²) in [6.07, 6.45) is 8.10. The Labute approximate surface area is 254 Å². The van der Waals surface area contributed by atoms with E-state index in [4.69, 9.17) is 14.2 Å². The van der Waals surface area contributed by atoms with Gasteiger partial charge in [0, 0.05) is 19.2 Å². The SMILES string of the molecule is COc1ccnc(C(=O)NC2CCCC(CCCc3ccccc3)C(CCc3ccccc3)C(C)OC2=O)c1OC(C)=O. The summed E-state index contributed by atoms with van der Waals surface area (Å²) < 4.78 is 16.6. The zero-order chi connectivity index (χ0) is 30.6. The highest BCUT2D eigenvalue weighted by molar-refractivity contribution is 5.98. The fourth-order valence-electron chi connectivity index (χ4n) is 6.03. The van der Waals surface area contributed by atoms with Crippen molar-refractivity contribution in [1.29, 1.82) is 0 Å². The van der Waals surface area contributed by atoms with Crippen LogP contribution in [0.4, 0.5) is 0 Å². The molecule has 8 nitrogen and oxygen atoms in total. The molecule has 0 radical (unpaired) electrons. The zero-order valence-corrected chi connectivity index (χ0v) is 25.3. The van der Waals surface area contributed by atoms with Crippen LogP contribution in [0.5, 0.6) is 11.5 Å². The quantitative estimate of drug-likeness (QED) is 0.270. The Kier molecular flexibility index (Phi) is 11.7. The Morgan fingerprint density at radius 2 is 1.63 bits per heavy atom. The van der Waals surface area contributed by atoms with Crippen LogP contribution in [0, 0.1) is 11.8 Å². The van der Waals surface area contributed by atoms with E-state index in [1.54, 1.807) is 0 Å². The minimum absolute atomic E-state index is 0.0840. The summed E-state index contributed by atoms with van der Waals surface area (Å²) >= 11 is 0. The van der Waals surface area contributed by atoms with E-state index >= 15 is 0 Å². The largest absolute Gasteiger partial charge is 0.493 e. The molecule has 1 aromatic heterocycles. The molecule has 4 rings (SSSR count). The first-order valence-corrected chi connectivity index (χ1v) is 15.2. The summed E-state index contributed by atoms with van der Waals surface area (Å²) in [5.74, 6) is -1.04. The highest BCUT2D eigenvalue weighted by Gasteiger charge is 2.34. The molecule has 1 fully saturated rings. The van der Waals surface area contributed by atoms with Gasteiger partial charge in [-0.2, -0.15) is 0 Å². The van der Waals surface area contributed by atoms with Gasteiger partial charge in [-0.05, 0) is 74.8 Å². The maximum atomic E-state index is 13.4. The van der Waals surface area contributed by atoms with Crippen LogP contribution in [0.15, 0.2) is 72.9 Å². The Morgan fingerprint density at radius 1 is 0.953 bits per heavy atom. The summed E-state index contributed by atoms with van der Waals surface area (Å²) in [5, 5.41) is 2.80. The second-order valence-electron chi connectivity index (χ2n) is 11.2. The number of carbonyl (C=O) groups is 3. The fourth-order valence-corrected chi connectivity index (χ4v) is 6.03. The number of carbonyl (C=O) groups excluding carboxylic acids is 3. The number of methoxy groups -OCH3 is 1. The van der Waals surface area contributed by atoms with E-state index in [2.05, 4.69) is 58.8 Å². The van der Waals surface area contributed by atoms with Crippen LogP contribution in [0.25, 0.3) is 0 Å². The number of rotatable bonds is 11. The molecule has 0 spiro atoms. The van der Waals surface area contributed by atoms with E-state index < -0.39 is 23.9 Å². The van der Waals surface area contributed by atoms with Gasteiger partial charge in [0.2, 0.25) is 5.75 Å². The summed E-state index contributed by atoms with van der Waals surface area (Å²) in [4.78, 5) is 42.6. The van der Waals surface area contributed by atoms with Gasteiger partial charge in [-0.1, -0.05) is 67.1 Å². The average Bonchev–Trinajstić information content (AvgIpc) is 3.05. The highest BCUT2D eigenvalue weighted by atomic mass is 16.6. The third-order valence-corrected chi connectivity index (χ3v) is 8.21. The molecule has 0 saturated carbocycles. The van der Waals surface area contributed by atoms with Crippen molar-refractivity contribution in [2.75, 3.05) is 7.11 Å². The highest BCUT2D eigenvalue weighted by Crippen LogP contribution is 2.34. The molecule has 43 heavy (non-hydrogen) atoms. The van der Waals surface area contributed by atoms with Crippen LogP contribution >= 0.6 is 0 Å². The second kappa shape index (κ2) is 15.9. The van der Waals surface area contributed by atoms with Crippen molar-refractivity contribution in [3.8, 4) is 11.5 Å². The number of pyridine rings is 1. The average molecular weight is 587 g/mol. The van der Waals surface area contributed by atoms with Gasteiger partial charge in [0.1, 0.15) is 12.1 Å². The number of amides is 1. The van der Waals surface area contributed by atoms with E-state index in [1.165, 1.54) is 37.4 Å². The lowest BCUT2D eigenvalue weighted by Gasteiger charge is -2.31. The summed E-state index contributed by atoms with van der Waals surface area (Å²) in [6, 6.07) is 21.6. The molecule has 2 aromatic carbocycles. The van der Waals surface area contributed by atoms with Gasteiger partial charge >= 0.3 is 11.9 Å². The van der Waals surface area contributed by atoms with Crippen molar-refractivity contribution >= 4 is 17.8 Å². The van der Waals surface area contributed by atoms with E-state index in [9.17, 15) is 14.4 Å². The number of benzene rings is 2. The van der Waals surface area contributed by atoms with E-state index in [0.29, 0.717) is 12.3 Å². The monoisotopic (exact) mass is 586 g/mol. The Morgan fingerprint density at radius 3 is 2.28 bits per heavy atom. The molecule has 4 unspecified atom stereocenters. The molecule has 1 aliphatic heterocycles. The lowest BCUT2D eigenvalue weighted by Crippen LogP contribution is -2.43. The molecule has 228 valence electrons. The molecule has 1 N–H and O–H groups in total. The maximum absolute atomic E-state index is 13.4. The number of esters is 2.